The van der Waals surface area contributed by atoms with Crippen LogP contribution in [0.5, 0.6) is 0 Å². The lowest BCUT2D eigenvalue weighted by atomic mass is 10.00. The lowest BCUT2D eigenvalue weighted by Gasteiger charge is -2.16. The maximum absolute atomic E-state index is 12.0. The normalized spacial score (nSPS) is 22.4. The molecule has 0 spiro atoms. The number of benzene rings is 1. The second kappa shape index (κ2) is 4.96. The zero-order chi connectivity index (χ0) is 15.0. The van der Waals surface area contributed by atoms with Gasteiger partial charge in [-0.1, -0.05) is 26.0 Å². The van der Waals surface area contributed by atoms with E-state index in [1.54, 1.807) is 26.0 Å². The Morgan fingerprint density at radius 3 is 2.30 bits per heavy atom. The maximum Gasteiger partial charge on any atom is 0.338 e. The van der Waals surface area contributed by atoms with Gasteiger partial charge in [-0.3, -0.25) is 14.5 Å². The van der Waals surface area contributed by atoms with Crippen molar-refractivity contribution in [3.8, 4) is 0 Å². The van der Waals surface area contributed by atoms with Gasteiger partial charge in [0.05, 0.1) is 12.1 Å². The molecular formula is C14H16N2O4. The molecule has 0 bridgehead atoms. The Bertz CT molecular complexity index is 577. The highest BCUT2D eigenvalue weighted by Gasteiger charge is 2.42. The number of likely N-dealkylation sites (tertiary alicyclic amines) is 1. The van der Waals surface area contributed by atoms with Crippen LogP contribution in [0.4, 0.5) is 5.69 Å². The number of rotatable bonds is 3. The zero-order valence-electron chi connectivity index (χ0n) is 11.3. The number of carboxylic acids is 1. The summed E-state index contributed by atoms with van der Waals surface area (Å²) in [6, 6.07) is 4.65. The number of carbonyl (C=O) groups excluding carboxylic acids is 2. The topological polar surface area (TPSA) is 101 Å². The standard InChI is InChI=1S/C14H16N2O4/c1-7-8(2)13(18)16(12(7)17)6-9-4-3-5-10(15)11(9)14(19)20/h3-5,7-8H,6,15H2,1-2H3,(H,19,20). The monoisotopic (exact) mass is 276 g/mol. The summed E-state index contributed by atoms with van der Waals surface area (Å²) in [5.74, 6) is -2.48. The Kier molecular flexibility index (Phi) is 3.48. The molecule has 0 saturated carbocycles. The van der Waals surface area contributed by atoms with E-state index in [-0.39, 0.29) is 41.4 Å². The van der Waals surface area contributed by atoms with E-state index in [4.69, 9.17) is 5.73 Å². The molecule has 2 amide bonds. The van der Waals surface area contributed by atoms with E-state index in [0.29, 0.717) is 5.56 Å². The van der Waals surface area contributed by atoms with Crippen molar-refractivity contribution < 1.29 is 19.5 Å². The third kappa shape index (κ3) is 2.13. The molecule has 2 rings (SSSR count). The van der Waals surface area contributed by atoms with E-state index >= 15 is 0 Å². The summed E-state index contributed by atoms with van der Waals surface area (Å²) in [4.78, 5) is 36.4. The minimum atomic E-state index is -1.17. The summed E-state index contributed by atoms with van der Waals surface area (Å²) in [5.41, 5.74) is 6.08. The largest absolute Gasteiger partial charge is 0.478 e. The average molecular weight is 276 g/mol. The predicted molar refractivity (Wildman–Crippen MR) is 71.7 cm³/mol. The van der Waals surface area contributed by atoms with Crippen LogP contribution in [0.2, 0.25) is 0 Å². The molecule has 20 heavy (non-hydrogen) atoms. The molecule has 0 aromatic heterocycles. The van der Waals surface area contributed by atoms with Crippen molar-refractivity contribution in [1.82, 2.24) is 4.90 Å². The second-order valence-electron chi connectivity index (χ2n) is 5.03. The highest BCUT2D eigenvalue weighted by atomic mass is 16.4. The number of imide groups is 1. The number of hydrogen-bond acceptors (Lipinski definition) is 4. The van der Waals surface area contributed by atoms with Crippen molar-refractivity contribution in [3.63, 3.8) is 0 Å². The van der Waals surface area contributed by atoms with Gasteiger partial charge in [-0.2, -0.15) is 0 Å². The first-order chi connectivity index (χ1) is 9.34. The van der Waals surface area contributed by atoms with Crippen LogP contribution >= 0.6 is 0 Å². The molecule has 2 unspecified atom stereocenters. The summed E-state index contributed by atoms with van der Waals surface area (Å²) in [6.07, 6.45) is 0. The van der Waals surface area contributed by atoms with Crippen LogP contribution in [0.1, 0.15) is 29.8 Å². The van der Waals surface area contributed by atoms with Gasteiger partial charge in [0.2, 0.25) is 11.8 Å². The minimum absolute atomic E-state index is 0.0553. The average Bonchev–Trinajstić information content (AvgIpc) is 2.56. The number of nitrogen functional groups attached to an aromatic ring is 1. The van der Waals surface area contributed by atoms with Crippen LogP contribution in [-0.4, -0.2) is 27.8 Å². The summed E-state index contributed by atoms with van der Waals surface area (Å²) in [7, 11) is 0. The lowest BCUT2D eigenvalue weighted by molar-refractivity contribution is -0.140. The van der Waals surface area contributed by atoms with E-state index in [9.17, 15) is 19.5 Å². The fraction of sp³-hybridized carbons (Fsp3) is 0.357. The van der Waals surface area contributed by atoms with Gasteiger partial charge in [-0.05, 0) is 11.6 Å². The van der Waals surface area contributed by atoms with Gasteiger partial charge in [-0.25, -0.2) is 4.79 Å². The Hall–Kier alpha value is -2.37. The second-order valence-corrected chi connectivity index (χ2v) is 5.03. The highest BCUT2D eigenvalue weighted by molar-refractivity contribution is 6.05. The first-order valence-electron chi connectivity index (χ1n) is 6.30. The minimum Gasteiger partial charge on any atom is -0.478 e. The third-order valence-electron chi connectivity index (χ3n) is 3.79. The molecule has 1 aromatic rings. The first-order valence-corrected chi connectivity index (χ1v) is 6.30. The van der Waals surface area contributed by atoms with E-state index in [1.165, 1.54) is 6.07 Å². The summed E-state index contributed by atoms with van der Waals surface area (Å²) in [6.45, 7) is 3.34. The first kappa shape index (κ1) is 14.0. The number of amides is 2. The summed E-state index contributed by atoms with van der Waals surface area (Å²) in [5, 5.41) is 9.19. The maximum atomic E-state index is 12.0. The quantitative estimate of drug-likeness (QED) is 0.636. The molecule has 6 nitrogen and oxygen atoms in total. The number of carbonyl (C=O) groups is 3. The van der Waals surface area contributed by atoms with Crippen LogP contribution in [0.3, 0.4) is 0 Å². The Labute approximate surface area is 116 Å². The van der Waals surface area contributed by atoms with E-state index < -0.39 is 5.97 Å². The molecule has 0 radical (unpaired) electrons. The van der Waals surface area contributed by atoms with Crippen LogP contribution in [-0.2, 0) is 16.1 Å². The number of anilines is 1. The van der Waals surface area contributed by atoms with Gasteiger partial charge in [0.1, 0.15) is 0 Å². The van der Waals surface area contributed by atoms with Gasteiger partial charge in [0.25, 0.3) is 0 Å². The Balaban J connectivity index is 2.36. The Morgan fingerprint density at radius 1 is 1.25 bits per heavy atom. The smallest absolute Gasteiger partial charge is 0.338 e. The predicted octanol–water partition coefficient (Wildman–Crippen LogP) is 1.11. The molecule has 3 N–H and O–H groups in total. The molecule has 1 aliphatic heterocycles. The van der Waals surface area contributed by atoms with Crippen LogP contribution in [0.25, 0.3) is 0 Å². The molecular weight excluding hydrogens is 260 g/mol. The molecule has 1 saturated heterocycles. The number of hydrogen-bond donors (Lipinski definition) is 2. The summed E-state index contributed by atoms with van der Waals surface area (Å²) < 4.78 is 0. The molecule has 0 aliphatic carbocycles. The van der Waals surface area contributed by atoms with Gasteiger partial charge >= 0.3 is 5.97 Å². The van der Waals surface area contributed by atoms with Crippen molar-refractivity contribution in [2.24, 2.45) is 11.8 Å². The number of nitrogens with zero attached hydrogens (tertiary/aromatic N) is 1. The van der Waals surface area contributed by atoms with Gasteiger partial charge in [0, 0.05) is 17.5 Å². The van der Waals surface area contributed by atoms with Crippen LogP contribution < -0.4 is 5.73 Å². The van der Waals surface area contributed by atoms with Gasteiger partial charge in [0.15, 0.2) is 0 Å². The molecule has 2 atom stereocenters. The fourth-order valence-electron chi connectivity index (χ4n) is 2.37. The number of aromatic carboxylic acids is 1. The van der Waals surface area contributed by atoms with Crippen molar-refractivity contribution in [2.75, 3.05) is 5.73 Å². The van der Waals surface area contributed by atoms with Gasteiger partial charge < -0.3 is 10.8 Å². The zero-order valence-corrected chi connectivity index (χ0v) is 11.3. The fourth-order valence-corrected chi connectivity index (χ4v) is 2.37. The van der Waals surface area contributed by atoms with Crippen molar-refractivity contribution in [2.45, 2.75) is 20.4 Å². The SMILES string of the molecule is CC1C(=O)N(Cc2cccc(N)c2C(=O)O)C(=O)C1C. The third-order valence-corrected chi connectivity index (χ3v) is 3.79. The molecule has 6 heteroatoms. The molecule has 1 aliphatic rings. The van der Waals surface area contributed by atoms with Crippen molar-refractivity contribution in [3.05, 3.63) is 29.3 Å². The lowest BCUT2D eigenvalue weighted by Crippen LogP contribution is -2.31. The number of nitrogens with two attached hydrogens (primary N) is 1. The number of carboxylic acid groups (broad SMARTS) is 1. The van der Waals surface area contributed by atoms with Crippen molar-refractivity contribution in [1.29, 1.82) is 0 Å². The van der Waals surface area contributed by atoms with E-state index in [2.05, 4.69) is 0 Å². The Morgan fingerprint density at radius 2 is 1.80 bits per heavy atom. The molecule has 106 valence electrons. The van der Waals surface area contributed by atoms with Gasteiger partial charge in [-0.15, -0.1) is 0 Å². The highest BCUT2D eigenvalue weighted by Crippen LogP contribution is 2.28. The van der Waals surface area contributed by atoms with Crippen LogP contribution in [0.15, 0.2) is 18.2 Å². The van der Waals surface area contributed by atoms with Crippen LogP contribution in [0, 0.1) is 11.8 Å². The molecule has 1 fully saturated rings. The van der Waals surface area contributed by atoms with Crippen molar-refractivity contribution >= 4 is 23.5 Å². The summed E-state index contributed by atoms with van der Waals surface area (Å²) >= 11 is 0. The molecule has 1 heterocycles. The molecule has 1 aromatic carbocycles. The van der Waals surface area contributed by atoms with E-state index in [0.717, 1.165) is 4.90 Å². The van der Waals surface area contributed by atoms with E-state index in [1.807, 2.05) is 0 Å².